The van der Waals surface area contributed by atoms with Crippen molar-refractivity contribution in [3.8, 4) is 57.5 Å². The Morgan fingerprint density at radius 1 is 0.528 bits per heavy atom. The highest BCUT2D eigenvalue weighted by Crippen LogP contribution is 2.54. The third kappa shape index (κ3) is 9.27. The first-order valence-electron chi connectivity index (χ1n) is 18.4. The van der Waals surface area contributed by atoms with Gasteiger partial charge in [-0.3, -0.25) is 4.94 Å². The maximum Gasteiger partial charge on any atom is 0.256 e. The summed E-state index contributed by atoms with van der Waals surface area (Å²) in [5.41, 5.74) is 5.10. The molecule has 0 bridgehead atoms. The molecule has 5 rings (SSSR count). The molecule has 0 aliphatic carbocycles. The molecular formula is C44H50FNO7. The molecule has 0 fully saturated rings. The van der Waals surface area contributed by atoms with E-state index in [0.717, 1.165) is 24.0 Å². The average Bonchev–Trinajstić information content (AvgIpc) is 3.18. The number of rotatable bonds is 19. The highest BCUT2D eigenvalue weighted by molar-refractivity contribution is 5.72. The number of benzene rings is 5. The molecule has 0 radical (unpaired) electrons. The Balaban J connectivity index is 1.68. The molecule has 5 aromatic rings. The molecule has 5 aromatic carbocycles. The molecule has 0 spiro atoms. The van der Waals surface area contributed by atoms with Crippen LogP contribution in [-0.2, 0) is 25.9 Å². The summed E-state index contributed by atoms with van der Waals surface area (Å²) in [6, 6.07) is 26.9. The first-order valence-corrected chi connectivity index (χ1v) is 18.4. The van der Waals surface area contributed by atoms with Gasteiger partial charge in [-0.05, 0) is 112 Å². The summed E-state index contributed by atoms with van der Waals surface area (Å²) in [4.78, 5) is 4.67. The normalized spacial score (nSPS) is 10.8. The van der Waals surface area contributed by atoms with E-state index in [9.17, 15) is 0 Å². The molecular weight excluding hydrogens is 673 g/mol. The summed E-state index contributed by atoms with van der Waals surface area (Å²) in [6.07, 6.45) is 2.17. The number of anilines is 1. The van der Waals surface area contributed by atoms with E-state index in [-0.39, 0.29) is 29.6 Å². The topological polar surface area (TPSA) is 76.6 Å². The summed E-state index contributed by atoms with van der Waals surface area (Å²) in [5.74, 6) is 3.39. The molecule has 0 atom stereocenters. The van der Waals surface area contributed by atoms with Crippen LogP contribution in [-0.4, -0.2) is 19.8 Å². The second kappa shape index (κ2) is 18.8. The lowest BCUT2D eigenvalue weighted by atomic mass is 10.0. The van der Waals surface area contributed by atoms with E-state index in [1.54, 1.807) is 18.2 Å². The van der Waals surface area contributed by atoms with Gasteiger partial charge in [0.2, 0.25) is 5.75 Å². The lowest BCUT2D eigenvalue weighted by Crippen LogP contribution is -2.07. The van der Waals surface area contributed by atoms with Crippen LogP contribution in [0.3, 0.4) is 0 Å². The number of hydrogen-bond acceptors (Lipinski definition) is 8. The summed E-state index contributed by atoms with van der Waals surface area (Å²) >= 11 is 0. The van der Waals surface area contributed by atoms with Crippen LogP contribution in [0.15, 0.2) is 84.9 Å². The van der Waals surface area contributed by atoms with Gasteiger partial charge in [-0.1, -0.05) is 57.2 Å². The van der Waals surface area contributed by atoms with Gasteiger partial charge in [0.25, 0.3) is 5.75 Å². The molecule has 0 saturated heterocycles. The Morgan fingerprint density at radius 3 is 1.85 bits per heavy atom. The van der Waals surface area contributed by atoms with Crippen LogP contribution in [0.4, 0.5) is 10.2 Å². The minimum atomic E-state index is -0.208. The molecule has 0 unspecified atom stereocenters. The lowest BCUT2D eigenvalue weighted by Gasteiger charge is -2.24. The lowest BCUT2D eigenvalue weighted by molar-refractivity contribution is -0.0125. The van der Waals surface area contributed by atoms with Gasteiger partial charge in [0.15, 0.2) is 23.0 Å². The van der Waals surface area contributed by atoms with Crippen LogP contribution in [0.25, 0.3) is 0 Å². The Bertz CT molecular complexity index is 1940. The molecule has 0 heterocycles. The number of ether oxygens (including phenoxy) is 6. The van der Waals surface area contributed by atoms with Gasteiger partial charge in [0, 0.05) is 22.2 Å². The number of hydrogen-bond donors (Lipinski definition) is 1. The highest BCUT2D eigenvalue weighted by atomic mass is 19.3. The quantitative estimate of drug-likeness (QED) is 0.0902. The van der Waals surface area contributed by atoms with Crippen LogP contribution in [0.5, 0.6) is 57.5 Å². The minimum Gasteiger partial charge on any atom is -0.494 e. The molecule has 8 nitrogen and oxygen atoms in total. The van der Waals surface area contributed by atoms with Gasteiger partial charge in [-0.15, -0.1) is 0 Å². The first-order chi connectivity index (χ1) is 25.9. The number of aryl methyl sites for hydroxylation is 2. The zero-order valence-corrected chi connectivity index (χ0v) is 31.8. The molecule has 9 heteroatoms. The van der Waals surface area contributed by atoms with Crippen molar-refractivity contribution in [2.24, 2.45) is 0 Å². The molecule has 1 N–H and O–H groups in total. The van der Waals surface area contributed by atoms with Crippen molar-refractivity contribution in [1.82, 2.24) is 0 Å². The monoisotopic (exact) mass is 723 g/mol. The van der Waals surface area contributed by atoms with Crippen molar-refractivity contribution in [3.63, 3.8) is 0 Å². The van der Waals surface area contributed by atoms with Crippen LogP contribution in [0.2, 0.25) is 0 Å². The molecule has 0 aliphatic rings. The van der Waals surface area contributed by atoms with Crippen LogP contribution >= 0.6 is 0 Å². The van der Waals surface area contributed by atoms with E-state index in [1.807, 2.05) is 89.2 Å². The van der Waals surface area contributed by atoms with Gasteiger partial charge in [0.1, 0.15) is 29.6 Å². The first kappa shape index (κ1) is 38.7. The maximum absolute atomic E-state index is 15.1. The third-order valence-corrected chi connectivity index (χ3v) is 8.71. The smallest absolute Gasteiger partial charge is 0.256 e. The standard InChI is InChI=1S/C44H50FNO7/c1-8-30-17-19-32(20-18-30)28-49-40-29(7)39(51-35-16-14-15-31(9-2)27-35)36(10-3)41(44(40)53-45)52-38-26-25-37(46-11-4)42(48-13-6)43(38)50-34-23-21-33(22-24-34)47-12-5/h14-27,46H,8-13,28H2,1-7H3. The second-order valence-electron chi connectivity index (χ2n) is 12.3. The van der Waals surface area contributed by atoms with Crippen molar-refractivity contribution in [2.45, 2.75) is 74.3 Å². The maximum atomic E-state index is 15.1. The van der Waals surface area contributed by atoms with Crippen LogP contribution < -0.4 is 38.7 Å². The minimum absolute atomic E-state index is 0.0915. The van der Waals surface area contributed by atoms with E-state index in [0.29, 0.717) is 77.5 Å². The van der Waals surface area contributed by atoms with Crippen molar-refractivity contribution in [1.29, 1.82) is 0 Å². The summed E-state index contributed by atoms with van der Waals surface area (Å²) in [5, 5.41) is 3.35. The van der Waals surface area contributed by atoms with Crippen molar-refractivity contribution in [2.75, 3.05) is 25.1 Å². The fraction of sp³-hybridized carbons (Fsp3) is 0.318. The van der Waals surface area contributed by atoms with E-state index in [1.165, 1.54) is 5.56 Å². The third-order valence-electron chi connectivity index (χ3n) is 8.71. The Kier molecular flexibility index (Phi) is 13.7. The van der Waals surface area contributed by atoms with E-state index < -0.39 is 0 Å². The van der Waals surface area contributed by atoms with Gasteiger partial charge < -0.3 is 33.7 Å². The zero-order valence-electron chi connectivity index (χ0n) is 31.8. The molecule has 0 aliphatic heterocycles. The zero-order chi connectivity index (χ0) is 37.7. The fourth-order valence-corrected chi connectivity index (χ4v) is 5.96. The predicted octanol–water partition coefficient (Wildman–Crippen LogP) is 12.1. The van der Waals surface area contributed by atoms with Crippen molar-refractivity contribution >= 4 is 5.69 Å². The van der Waals surface area contributed by atoms with E-state index >= 15 is 4.53 Å². The van der Waals surface area contributed by atoms with Gasteiger partial charge in [-0.2, -0.15) is 0 Å². The Hall–Kier alpha value is -5.57. The van der Waals surface area contributed by atoms with Crippen LogP contribution in [0, 0.1) is 6.92 Å². The number of halogens is 1. The average molecular weight is 724 g/mol. The molecule has 0 saturated carbocycles. The Morgan fingerprint density at radius 2 is 1.21 bits per heavy atom. The van der Waals surface area contributed by atoms with E-state index in [4.69, 9.17) is 28.4 Å². The predicted molar refractivity (Wildman–Crippen MR) is 208 cm³/mol. The van der Waals surface area contributed by atoms with Crippen molar-refractivity contribution < 1.29 is 37.9 Å². The summed E-state index contributed by atoms with van der Waals surface area (Å²) < 4.78 is 53.1. The Labute approximate surface area is 312 Å². The van der Waals surface area contributed by atoms with Gasteiger partial charge in [-0.25, -0.2) is 0 Å². The molecule has 280 valence electrons. The van der Waals surface area contributed by atoms with Crippen LogP contribution in [0.1, 0.15) is 69.4 Å². The molecule has 0 aromatic heterocycles. The second-order valence-corrected chi connectivity index (χ2v) is 12.3. The summed E-state index contributed by atoms with van der Waals surface area (Å²) in [7, 11) is 0. The number of nitrogens with one attached hydrogen (secondary N) is 1. The molecule has 0 amide bonds. The highest BCUT2D eigenvalue weighted by Gasteiger charge is 2.30. The van der Waals surface area contributed by atoms with Gasteiger partial charge >= 0.3 is 0 Å². The SMILES string of the molecule is CCNc1ccc(Oc2c(CC)c(Oc3cccc(CC)c3)c(C)c(OCc3ccc(CC)cc3)c2OF)c(Oc2ccc(OCC)cc2)c1OCC. The van der Waals surface area contributed by atoms with E-state index in [2.05, 4.69) is 36.2 Å². The largest absolute Gasteiger partial charge is 0.494 e. The van der Waals surface area contributed by atoms with Gasteiger partial charge in [0.05, 0.1) is 18.9 Å². The summed E-state index contributed by atoms with van der Waals surface area (Å²) in [6.45, 7) is 15.5. The fourth-order valence-electron chi connectivity index (χ4n) is 5.96. The van der Waals surface area contributed by atoms with Crippen molar-refractivity contribution in [3.05, 3.63) is 113 Å². The molecule has 53 heavy (non-hydrogen) atoms.